The smallest absolute Gasteiger partial charge is 0.458 e. The van der Waals surface area contributed by atoms with Crippen LogP contribution in [-0.4, -0.2) is 23.8 Å². The molecule has 1 amide bonds. The number of ether oxygens (including phenoxy) is 2. The van der Waals surface area contributed by atoms with Crippen molar-refractivity contribution in [2.24, 2.45) is 0 Å². The number of nitrogens with one attached hydrogen (secondary N) is 1. The molecule has 0 aliphatic carbocycles. The number of hydrogen-bond donors (Lipinski definition) is 1. The summed E-state index contributed by atoms with van der Waals surface area (Å²) in [6.45, 7) is 0. The normalized spacial score (nSPS) is 11.8. The number of rotatable bonds is 6. The van der Waals surface area contributed by atoms with Gasteiger partial charge in [-0.3, -0.25) is 9.59 Å². The number of nitrogens with zero attached hydrogens (tertiary/aromatic N) is 1. The second-order valence-corrected chi connectivity index (χ2v) is 6.86. The molecule has 12 heteroatoms. The lowest BCUT2D eigenvalue weighted by Crippen LogP contribution is -2.33. The molecule has 179 valence electrons. The molecular formula is C22H15F6N2O4. The molecule has 34 heavy (non-hydrogen) atoms. The number of amides is 1. The zero-order valence-corrected chi connectivity index (χ0v) is 17.3. The van der Waals surface area contributed by atoms with Crippen LogP contribution in [0.15, 0.2) is 59.5 Å². The van der Waals surface area contributed by atoms with Crippen molar-refractivity contribution in [3.05, 3.63) is 89.1 Å². The number of hydrogen-bond acceptors (Lipinski definition) is 4. The van der Waals surface area contributed by atoms with Gasteiger partial charge in [-0.25, -0.2) is 4.39 Å². The Kier molecular flexibility index (Phi) is 6.62. The van der Waals surface area contributed by atoms with Crippen LogP contribution in [0, 0.1) is 12.9 Å². The molecule has 1 heterocycles. The van der Waals surface area contributed by atoms with Crippen LogP contribution in [0.2, 0.25) is 0 Å². The van der Waals surface area contributed by atoms with Crippen molar-refractivity contribution >= 4 is 11.6 Å². The van der Waals surface area contributed by atoms with Crippen LogP contribution in [0.5, 0.6) is 17.2 Å². The molecule has 0 bridgehead atoms. The van der Waals surface area contributed by atoms with E-state index in [0.717, 1.165) is 35.9 Å². The first-order valence-electron chi connectivity index (χ1n) is 9.29. The fourth-order valence-corrected chi connectivity index (χ4v) is 2.78. The maximum atomic E-state index is 13.9. The minimum Gasteiger partial charge on any atom is -0.493 e. The maximum Gasteiger partial charge on any atom is 0.458 e. The van der Waals surface area contributed by atoms with Gasteiger partial charge in [0.1, 0.15) is 11.6 Å². The van der Waals surface area contributed by atoms with Gasteiger partial charge < -0.3 is 19.4 Å². The molecule has 0 saturated carbocycles. The molecule has 3 rings (SSSR count). The van der Waals surface area contributed by atoms with Crippen LogP contribution in [0.1, 0.15) is 15.9 Å². The molecule has 0 aliphatic heterocycles. The fourth-order valence-electron chi connectivity index (χ4n) is 2.78. The monoisotopic (exact) mass is 485 g/mol. The second-order valence-electron chi connectivity index (χ2n) is 6.86. The molecule has 0 fully saturated rings. The van der Waals surface area contributed by atoms with Crippen LogP contribution < -0.4 is 20.3 Å². The molecule has 0 spiro atoms. The number of carbonyl (C=O) groups excluding carboxylic acids is 1. The Morgan fingerprint density at radius 2 is 1.68 bits per heavy atom. The lowest BCUT2D eigenvalue weighted by Gasteiger charge is -2.21. The van der Waals surface area contributed by atoms with Gasteiger partial charge in [0.15, 0.2) is 11.5 Å². The molecule has 1 aromatic heterocycles. The standard InChI is InChI=1S/C22H15F6N2O4/c1-30-8-7-14(11-19(30)31)29-20(32)15-5-3-12(21(24,25)22(26,27)28)9-17(15)34-16-6-4-13(23)10-18(16)33-2/h3-11H,1H2,2H3,(H,29,32). The van der Waals surface area contributed by atoms with Crippen molar-refractivity contribution in [2.75, 3.05) is 12.4 Å². The minimum absolute atomic E-state index is 0.00455. The Hall–Kier alpha value is -3.96. The molecule has 1 N–H and O–H groups in total. The highest BCUT2D eigenvalue weighted by atomic mass is 19.4. The van der Waals surface area contributed by atoms with E-state index in [9.17, 15) is 35.9 Å². The maximum absolute atomic E-state index is 13.9. The Morgan fingerprint density at radius 3 is 2.29 bits per heavy atom. The lowest BCUT2D eigenvalue weighted by molar-refractivity contribution is -0.289. The SMILES string of the molecule is [CH2]n1ccc(NC(=O)c2ccc(C(F)(F)C(F)(F)F)cc2Oc2ccc(F)cc2OC)cc1=O. The predicted molar refractivity (Wildman–Crippen MR) is 109 cm³/mol. The summed E-state index contributed by atoms with van der Waals surface area (Å²) in [5.74, 6) is -8.15. The average Bonchev–Trinajstić information content (AvgIpc) is 2.76. The number of halogens is 6. The Morgan fingerprint density at radius 1 is 0.971 bits per heavy atom. The summed E-state index contributed by atoms with van der Waals surface area (Å²) in [6, 6.07) is 6.65. The molecule has 0 saturated heterocycles. The van der Waals surface area contributed by atoms with Crippen molar-refractivity contribution < 1.29 is 40.6 Å². The summed E-state index contributed by atoms with van der Waals surface area (Å²) < 4.78 is 91.3. The Bertz CT molecular complexity index is 1290. The van der Waals surface area contributed by atoms with Gasteiger partial charge in [-0.2, -0.15) is 22.0 Å². The Labute approximate surface area is 188 Å². The fraction of sp³-hybridized carbons (Fsp3) is 0.136. The molecule has 0 atom stereocenters. The van der Waals surface area contributed by atoms with Crippen molar-refractivity contribution in [3.63, 3.8) is 0 Å². The highest BCUT2D eigenvalue weighted by Gasteiger charge is 2.58. The van der Waals surface area contributed by atoms with Gasteiger partial charge in [0, 0.05) is 36.6 Å². The number of benzene rings is 2. The van der Waals surface area contributed by atoms with E-state index in [4.69, 9.17) is 9.47 Å². The van der Waals surface area contributed by atoms with Crippen LogP contribution in [0.25, 0.3) is 0 Å². The Balaban J connectivity index is 2.08. The van der Waals surface area contributed by atoms with E-state index in [-0.39, 0.29) is 17.2 Å². The molecule has 0 unspecified atom stereocenters. The predicted octanol–water partition coefficient (Wildman–Crippen LogP) is 5.33. The van der Waals surface area contributed by atoms with Gasteiger partial charge in [-0.1, -0.05) is 6.07 Å². The molecular weight excluding hydrogens is 470 g/mol. The lowest BCUT2D eigenvalue weighted by atomic mass is 10.0. The van der Waals surface area contributed by atoms with E-state index in [1.165, 1.54) is 12.3 Å². The van der Waals surface area contributed by atoms with Crippen molar-refractivity contribution in [2.45, 2.75) is 12.1 Å². The minimum atomic E-state index is -5.92. The van der Waals surface area contributed by atoms with Gasteiger partial charge in [0.2, 0.25) is 0 Å². The second kappa shape index (κ2) is 9.12. The first kappa shape index (κ1) is 24.7. The highest BCUT2D eigenvalue weighted by Crippen LogP contribution is 2.45. The topological polar surface area (TPSA) is 69.6 Å². The van der Waals surface area contributed by atoms with Gasteiger partial charge in [0.05, 0.1) is 12.7 Å². The van der Waals surface area contributed by atoms with E-state index in [2.05, 4.69) is 12.4 Å². The molecule has 6 nitrogen and oxygen atoms in total. The number of alkyl halides is 5. The third-order valence-corrected chi connectivity index (χ3v) is 4.54. The van der Waals surface area contributed by atoms with Gasteiger partial charge in [-0.05, 0) is 30.3 Å². The zero-order chi connectivity index (χ0) is 25.3. The summed E-state index contributed by atoms with van der Waals surface area (Å²) in [4.78, 5) is 24.5. The van der Waals surface area contributed by atoms with E-state index >= 15 is 0 Å². The number of anilines is 1. The highest BCUT2D eigenvalue weighted by molar-refractivity contribution is 6.06. The first-order chi connectivity index (χ1) is 15.8. The van der Waals surface area contributed by atoms with Crippen LogP contribution in [0.3, 0.4) is 0 Å². The first-order valence-corrected chi connectivity index (χ1v) is 9.29. The van der Waals surface area contributed by atoms with E-state index in [1.807, 2.05) is 0 Å². The van der Waals surface area contributed by atoms with E-state index in [1.54, 1.807) is 0 Å². The number of pyridine rings is 1. The quantitative estimate of drug-likeness (QED) is 0.479. The summed E-state index contributed by atoms with van der Waals surface area (Å²) in [5.41, 5.74) is -2.52. The summed E-state index contributed by atoms with van der Waals surface area (Å²) in [7, 11) is 4.55. The zero-order valence-electron chi connectivity index (χ0n) is 17.3. The number of methoxy groups -OCH3 is 1. The van der Waals surface area contributed by atoms with Gasteiger partial charge >= 0.3 is 12.1 Å². The number of carbonyl (C=O) groups is 1. The van der Waals surface area contributed by atoms with E-state index in [0.29, 0.717) is 18.2 Å². The summed E-state index contributed by atoms with van der Waals surface area (Å²) in [6.07, 6.45) is -4.68. The summed E-state index contributed by atoms with van der Waals surface area (Å²) in [5, 5.41) is 2.32. The van der Waals surface area contributed by atoms with E-state index < -0.39 is 46.3 Å². The third kappa shape index (κ3) is 5.00. The van der Waals surface area contributed by atoms with Gasteiger partial charge in [0.25, 0.3) is 11.5 Å². The van der Waals surface area contributed by atoms with Crippen LogP contribution >= 0.6 is 0 Å². The summed E-state index contributed by atoms with van der Waals surface area (Å²) >= 11 is 0. The molecule has 3 aromatic rings. The average molecular weight is 485 g/mol. The molecule has 0 aliphatic rings. The van der Waals surface area contributed by atoms with Crippen LogP contribution in [0.4, 0.5) is 32.0 Å². The van der Waals surface area contributed by atoms with Crippen molar-refractivity contribution in [1.82, 2.24) is 4.57 Å². The van der Waals surface area contributed by atoms with Crippen molar-refractivity contribution in [1.29, 1.82) is 0 Å². The third-order valence-electron chi connectivity index (χ3n) is 4.54. The number of aromatic nitrogens is 1. The van der Waals surface area contributed by atoms with Crippen LogP contribution in [-0.2, 0) is 5.92 Å². The van der Waals surface area contributed by atoms with Crippen molar-refractivity contribution in [3.8, 4) is 17.2 Å². The van der Waals surface area contributed by atoms with Gasteiger partial charge in [-0.15, -0.1) is 0 Å². The largest absolute Gasteiger partial charge is 0.493 e. The molecule has 1 radical (unpaired) electrons. The molecule has 2 aromatic carbocycles.